The Hall–Kier alpha value is -10.1. The van der Waals surface area contributed by atoms with E-state index >= 15 is 0 Å². The van der Waals surface area contributed by atoms with E-state index in [0.717, 1.165) is 67.6 Å². The lowest BCUT2D eigenvalue weighted by Gasteiger charge is -2.27. The highest BCUT2D eigenvalue weighted by Crippen LogP contribution is 2.43. The van der Waals surface area contributed by atoms with Gasteiger partial charge in [0.2, 0.25) is 5.91 Å². The molecule has 13 aromatic rings. The lowest BCUT2D eigenvalue weighted by atomic mass is 9.98. The molecule has 13 rings (SSSR count). The van der Waals surface area contributed by atoms with E-state index in [1.807, 2.05) is 35.6 Å². The molecule has 0 aliphatic heterocycles. The van der Waals surface area contributed by atoms with Crippen LogP contribution in [-0.2, 0) is 4.79 Å². The Kier molecular flexibility index (Phi) is 12.8. The fourth-order valence-electron chi connectivity index (χ4n) is 10.7. The van der Waals surface area contributed by atoms with Gasteiger partial charge in [0.15, 0.2) is 0 Å². The normalized spacial score (nSPS) is 11.2. The number of amides is 1. The predicted molar refractivity (Wildman–Crippen MR) is 332 cm³/mol. The summed E-state index contributed by atoms with van der Waals surface area (Å²) in [5.74, 6) is -0.234. The third-order valence-corrected chi connectivity index (χ3v) is 15.9. The van der Waals surface area contributed by atoms with Crippen LogP contribution in [0.4, 0.5) is 39.8 Å². The van der Waals surface area contributed by atoms with Crippen LogP contribution < -0.4 is 15.1 Å². The third kappa shape index (κ3) is 9.40. The number of fused-ring (bicyclic) bond motifs is 4. The van der Waals surface area contributed by atoms with E-state index in [0.29, 0.717) is 0 Å². The fraction of sp³-hybridized carbons (Fsp3) is 0. The average Bonchev–Trinajstić information content (AvgIpc) is 3.91. The number of hydrogen-bond acceptors (Lipinski definition) is 4. The highest BCUT2D eigenvalue weighted by Gasteiger charge is 2.18. The molecule has 1 amide bonds. The SMILES string of the molecule is C=CC(=O)Nc1ccc(-c2ccc(N(c3ccc(-c4ccc(N(c5ccc(-c6ccccc6)cc5)c5ccc(-c6cccc7c6sc6ccccc67)cc5)cc4)cc3)c3ccc(-c4cccc5ccccc45)cc3)cc2)cc1. The summed E-state index contributed by atoms with van der Waals surface area (Å²) in [6.45, 7) is 3.57. The summed E-state index contributed by atoms with van der Waals surface area (Å²) in [6.07, 6.45) is 1.27. The molecule has 0 saturated heterocycles. The van der Waals surface area contributed by atoms with Crippen LogP contribution in [-0.4, -0.2) is 5.91 Å². The molecular formula is C73H51N3OS. The van der Waals surface area contributed by atoms with Crippen molar-refractivity contribution in [2.75, 3.05) is 15.1 Å². The first-order valence-corrected chi connectivity index (χ1v) is 27.0. The monoisotopic (exact) mass is 1020 g/mol. The molecule has 5 heteroatoms. The second-order valence-corrected chi connectivity index (χ2v) is 20.4. The van der Waals surface area contributed by atoms with E-state index < -0.39 is 0 Å². The van der Waals surface area contributed by atoms with Crippen molar-refractivity contribution in [1.82, 2.24) is 0 Å². The molecule has 0 saturated carbocycles. The van der Waals surface area contributed by atoms with Crippen LogP contribution in [0.5, 0.6) is 0 Å². The number of thiophene rings is 1. The molecule has 1 N–H and O–H groups in total. The molecule has 0 fully saturated rings. The zero-order valence-electron chi connectivity index (χ0n) is 42.6. The van der Waals surface area contributed by atoms with Gasteiger partial charge in [0, 0.05) is 60.0 Å². The Bertz CT molecular complexity index is 4260. The molecule has 0 spiro atoms. The standard InChI is InChI=1S/C73H51N3OS/c1-2-72(77)74-59-36-22-51(23-37-59)53-26-40-61(41-27-53)75(64-46-32-57(33-47-64)67-18-10-15-56-14-6-7-16-66(56)67)62-42-28-54(29-43-62)55-30-44-63(45-31-55)76(60-38-24-52(25-39-60)50-12-4-3-5-13-50)65-48-34-58(35-49-65)68-19-11-20-70-69-17-8-9-21-71(69)78-73(68)70/h2-49H,1H2,(H,74,77). The molecule has 0 aliphatic rings. The van der Waals surface area contributed by atoms with Crippen LogP contribution >= 0.6 is 11.3 Å². The molecule has 0 radical (unpaired) electrons. The molecule has 4 nitrogen and oxygen atoms in total. The topological polar surface area (TPSA) is 35.6 Å². The molecule has 0 atom stereocenters. The minimum absolute atomic E-state index is 0.234. The largest absolute Gasteiger partial charge is 0.323 e. The lowest BCUT2D eigenvalue weighted by Crippen LogP contribution is -2.10. The van der Waals surface area contributed by atoms with Gasteiger partial charge in [-0.15, -0.1) is 11.3 Å². The number of carbonyl (C=O) groups is 1. The van der Waals surface area contributed by atoms with E-state index in [-0.39, 0.29) is 5.91 Å². The highest BCUT2D eigenvalue weighted by molar-refractivity contribution is 7.26. The second-order valence-electron chi connectivity index (χ2n) is 19.4. The Labute approximate surface area is 458 Å². The summed E-state index contributed by atoms with van der Waals surface area (Å²) in [5, 5.41) is 7.90. The summed E-state index contributed by atoms with van der Waals surface area (Å²) >= 11 is 1.86. The molecule has 0 aliphatic carbocycles. The van der Waals surface area contributed by atoms with E-state index in [1.54, 1.807) is 0 Å². The maximum Gasteiger partial charge on any atom is 0.247 e. The summed E-state index contributed by atoms with van der Waals surface area (Å²) in [4.78, 5) is 16.6. The van der Waals surface area contributed by atoms with E-state index in [1.165, 1.54) is 64.8 Å². The number of anilines is 7. The van der Waals surface area contributed by atoms with Crippen molar-refractivity contribution >= 4 is 88.0 Å². The van der Waals surface area contributed by atoms with Crippen molar-refractivity contribution in [1.29, 1.82) is 0 Å². The molecule has 370 valence electrons. The van der Waals surface area contributed by atoms with Crippen LogP contribution in [0.15, 0.2) is 298 Å². The van der Waals surface area contributed by atoms with Gasteiger partial charge in [0.05, 0.1) is 0 Å². The first kappa shape index (κ1) is 47.6. The lowest BCUT2D eigenvalue weighted by molar-refractivity contribution is -0.111. The number of nitrogens with zero attached hydrogens (tertiary/aromatic N) is 2. The fourth-order valence-corrected chi connectivity index (χ4v) is 11.9. The maximum atomic E-state index is 11.9. The third-order valence-electron chi connectivity index (χ3n) is 14.7. The predicted octanol–water partition coefficient (Wildman–Crippen LogP) is 20.6. The Morgan fingerprint density at radius 2 is 0.692 bits per heavy atom. The zero-order valence-corrected chi connectivity index (χ0v) is 43.4. The van der Waals surface area contributed by atoms with Gasteiger partial charge in [-0.3, -0.25) is 4.79 Å². The number of hydrogen-bond donors (Lipinski definition) is 1. The van der Waals surface area contributed by atoms with Gasteiger partial charge in [0.25, 0.3) is 0 Å². The van der Waals surface area contributed by atoms with Crippen molar-refractivity contribution in [2.45, 2.75) is 0 Å². The molecule has 1 heterocycles. The summed E-state index contributed by atoms with van der Waals surface area (Å²) < 4.78 is 2.62. The van der Waals surface area contributed by atoms with Crippen LogP contribution in [0.2, 0.25) is 0 Å². The van der Waals surface area contributed by atoms with Crippen molar-refractivity contribution in [3.05, 3.63) is 298 Å². The zero-order chi connectivity index (χ0) is 52.4. The maximum absolute atomic E-state index is 11.9. The summed E-state index contributed by atoms with van der Waals surface area (Å²) in [6, 6.07) is 102. The van der Waals surface area contributed by atoms with Gasteiger partial charge in [-0.2, -0.15) is 0 Å². The molecule has 0 unspecified atom stereocenters. The van der Waals surface area contributed by atoms with Crippen molar-refractivity contribution in [2.24, 2.45) is 0 Å². The first-order valence-electron chi connectivity index (χ1n) is 26.2. The first-order chi connectivity index (χ1) is 38.5. The van der Waals surface area contributed by atoms with Gasteiger partial charge in [0.1, 0.15) is 0 Å². The van der Waals surface area contributed by atoms with Crippen LogP contribution in [0, 0.1) is 0 Å². The van der Waals surface area contributed by atoms with E-state index in [9.17, 15) is 4.79 Å². The number of benzene rings is 12. The number of carbonyl (C=O) groups excluding carboxylic acids is 1. The summed E-state index contributed by atoms with van der Waals surface area (Å²) in [7, 11) is 0. The average molecular weight is 1020 g/mol. The molecule has 78 heavy (non-hydrogen) atoms. The number of nitrogens with one attached hydrogen (secondary N) is 1. The molecule has 12 aromatic carbocycles. The van der Waals surface area contributed by atoms with Gasteiger partial charge in [-0.1, -0.05) is 201 Å². The quantitative estimate of drug-likeness (QED) is 0.117. The van der Waals surface area contributed by atoms with Crippen molar-refractivity contribution < 1.29 is 4.79 Å². The molecular weight excluding hydrogens is 967 g/mol. The number of rotatable bonds is 13. The highest BCUT2D eigenvalue weighted by atomic mass is 32.1. The smallest absolute Gasteiger partial charge is 0.247 e. The Morgan fingerprint density at radius 1 is 0.333 bits per heavy atom. The van der Waals surface area contributed by atoms with Crippen LogP contribution in [0.1, 0.15) is 0 Å². The van der Waals surface area contributed by atoms with Crippen LogP contribution in [0.25, 0.3) is 86.6 Å². The summed E-state index contributed by atoms with van der Waals surface area (Å²) in [5.41, 5.74) is 18.7. The molecule has 1 aromatic heterocycles. The van der Waals surface area contributed by atoms with Crippen molar-refractivity contribution in [3.8, 4) is 55.6 Å². The Morgan fingerprint density at radius 3 is 1.19 bits per heavy atom. The van der Waals surface area contributed by atoms with Gasteiger partial charge in [-0.05, 0) is 163 Å². The van der Waals surface area contributed by atoms with E-state index in [2.05, 4.69) is 283 Å². The Balaban J connectivity index is 0.819. The van der Waals surface area contributed by atoms with Crippen LogP contribution in [0.3, 0.4) is 0 Å². The molecule has 0 bridgehead atoms. The van der Waals surface area contributed by atoms with Gasteiger partial charge in [-0.25, -0.2) is 0 Å². The minimum Gasteiger partial charge on any atom is -0.323 e. The second kappa shape index (κ2) is 20.9. The van der Waals surface area contributed by atoms with Gasteiger partial charge >= 0.3 is 0 Å². The van der Waals surface area contributed by atoms with Crippen molar-refractivity contribution in [3.63, 3.8) is 0 Å². The van der Waals surface area contributed by atoms with Gasteiger partial charge < -0.3 is 15.1 Å². The van der Waals surface area contributed by atoms with E-state index in [4.69, 9.17) is 0 Å². The minimum atomic E-state index is -0.234.